The average Bonchev–Trinajstić information content (AvgIpc) is 2.50. The second-order valence-electron chi connectivity index (χ2n) is 6.48. The summed E-state index contributed by atoms with van der Waals surface area (Å²) in [6.07, 6.45) is 4.95. The van der Waals surface area contributed by atoms with E-state index in [1.807, 2.05) is 6.07 Å². The van der Waals surface area contributed by atoms with Crippen molar-refractivity contribution in [3.05, 3.63) is 35.9 Å². The van der Waals surface area contributed by atoms with Crippen molar-refractivity contribution in [1.29, 1.82) is 0 Å². The van der Waals surface area contributed by atoms with E-state index in [0.29, 0.717) is 12.5 Å². The molecular formula is C18H25N3. The van der Waals surface area contributed by atoms with Gasteiger partial charge in [-0.1, -0.05) is 38.0 Å². The predicted octanol–water partition coefficient (Wildman–Crippen LogP) is 3.86. The first-order valence-corrected chi connectivity index (χ1v) is 7.99. The van der Waals surface area contributed by atoms with Gasteiger partial charge in [0, 0.05) is 11.9 Å². The number of para-hydroxylation sites is 1. The van der Waals surface area contributed by atoms with E-state index >= 15 is 0 Å². The zero-order valence-corrected chi connectivity index (χ0v) is 13.0. The molecule has 21 heavy (non-hydrogen) atoms. The minimum absolute atomic E-state index is 0.00152. The van der Waals surface area contributed by atoms with Crippen LogP contribution in [0.25, 0.3) is 10.9 Å². The van der Waals surface area contributed by atoms with Crippen LogP contribution in [0.15, 0.2) is 30.3 Å². The maximum atomic E-state index is 6.15. The smallest absolute Gasteiger partial charge is 0.130 e. The van der Waals surface area contributed by atoms with Crippen LogP contribution in [-0.4, -0.2) is 17.1 Å². The van der Waals surface area contributed by atoms with Crippen molar-refractivity contribution in [2.24, 2.45) is 11.7 Å². The van der Waals surface area contributed by atoms with Gasteiger partial charge in [-0.25, -0.2) is 4.98 Å². The van der Waals surface area contributed by atoms with Crippen LogP contribution in [0.1, 0.15) is 38.2 Å². The normalized spacial score (nSPS) is 26.0. The van der Waals surface area contributed by atoms with Gasteiger partial charge >= 0.3 is 0 Å². The SMILES string of the molecule is Cc1cc2ccccc2nc1NC1(CN)CCCCC1C. The summed E-state index contributed by atoms with van der Waals surface area (Å²) in [5.41, 5.74) is 8.38. The molecule has 3 heteroatoms. The summed E-state index contributed by atoms with van der Waals surface area (Å²) >= 11 is 0. The number of hydrogen-bond acceptors (Lipinski definition) is 3. The predicted molar refractivity (Wildman–Crippen MR) is 89.5 cm³/mol. The number of pyridine rings is 1. The van der Waals surface area contributed by atoms with Crippen molar-refractivity contribution in [2.75, 3.05) is 11.9 Å². The fourth-order valence-electron chi connectivity index (χ4n) is 3.54. The quantitative estimate of drug-likeness (QED) is 0.899. The lowest BCUT2D eigenvalue weighted by Crippen LogP contribution is -2.52. The third-order valence-corrected chi connectivity index (χ3v) is 5.10. The number of nitrogens with one attached hydrogen (secondary N) is 1. The van der Waals surface area contributed by atoms with E-state index in [0.717, 1.165) is 17.8 Å². The van der Waals surface area contributed by atoms with E-state index in [9.17, 15) is 0 Å². The Balaban J connectivity index is 1.98. The largest absolute Gasteiger partial charge is 0.363 e. The first-order valence-electron chi connectivity index (χ1n) is 7.99. The van der Waals surface area contributed by atoms with Crippen LogP contribution in [-0.2, 0) is 0 Å². The second-order valence-corrected chi connectivity index (χ2v) is 6.48. The van der Waals surface area contributed by atoms with E-state index in [4.69, 9.17) is 10.7 Å². The lowest BCUT2D eigenvalue weighted by atomic mass is 9.73. The van der Waals surface area contributed by atoms with Gasteiger partial charge < -0.3 is 11.1 Å². The molecule has 1 saturated carbocycles. The number of nitrogens with two attached hydrogens (primary N) is 1. The Morgan fingerprint density at radius 1 is 1.33 bits per heavy atom. The molecule has 2 aromatic rings. The highest BCUT2D eigenvalue weighted by Crippen LogP contribution is 2.36. The van der Waals surface area contributed by atoms with E-state index in [1.165, 1.54) is 30.2 Å². The van der Waals surface area contributed by atoms with Crippen molar-refractivity contribution < 1.29 is 0 Å². The van der Waals surface area contributed by atoms with Gasteiger partial charge in [0.1, 0.15) is 5.82 Å². The Hall–Kier alpha value is -1.61. The lowest BCUT2D eigenvalue weighted by Gasteiger charge is -2.43. The van der Waals surface area contributed by atoms with Gasteiger partial charge in [0.15, 0.2) is 0 Å². The molecule has 2 atom stereocenters. The van der Waals surface area contributed by atoms with Crippen molar-refractivity contribution in [2.45, 2.75) is 45.1 Å². The standard InChI is InChI=1S/C18H25N3/c1-13-11-15-8-3-4-9-16(15)20-17(13)21-18(12-19)10-6-5-7-14(18)2/h3-4,8-9,11,14H,5-7,10,12,19H2,1-2H3,(H,20,21). The number of benzene rings is 1. The number of aromatic nitrogens is 1. The van der Waals surface area contributed by atoms with Crippen LogP contribution in [0, 0.1) is 12.8 Å². The van der Waals surface area contributed by atoms with Crippen LogP contribution in [0.5, 0.6) is 0 Å². The van der Waals surface area contributed by atoms with Crippen LogP contribution < -0.4 is 11.1 Å². The number of nitrogens with zero attached hydrogens (tertiary/aromatic N) is 1. The highest BCUT2D eigenvalue weighted by atomic mass is 15.1. The minimum atomic E-state index is -0.00152. The van der Waals surface area contributed by atoms with Gasteiger partial charge in [-0.05, 0) is 43.4 Å². The third kappa shape index (κ3) is 2.62. The zero-order valence-electron chi connectivity index (χ0n) is 13.0. The van der Waals surface area contributed by atoms with Crippen LogP contribution >= 0.6 is 0 Å². The minimum Gasteiger partial charge on any atom is -0.363 e. The maximum Gasteiger partial charge on any atom is 0.130 e. The van der Waals surface area contributed by atoms with Crippen molar-refractivity contribution in [3.63, 3.8) is 0 Å². The van der Waals surface area contributed by atoms with Gasteiger partial charge in [0.2, 0.25) is 0 Å². The van der Waals surface area contributed by atoms with Crippen molar-refractivity contribution in [1.82, 2.24) is 4.98 Å². The van der Waals surface area contributed by atoms with Gasteiger partial charge in [-0.2, -0.15) is 0 Å². The molecule has 1 aromatic carbocycles. The van der Waals surface area contributed by atoms with Crippen LogP contribution in [0.4, 0.5) is 5.82 Å². The fraction of sp³-hybridized carbons (Fsp3) is 0.500. The van der Waals surface area contributed by atoms with Crippen LogP contribution in [0.3, 0.4) is 0 Å². The highest BCUT2D eigenvalue weighted by Gasteiger charge is 2.37. The first-order chi connectivity index (χ1) is 10.1. The van der Waals surface area contributed by atoms with Gasteiger partial charge in [-0.3, -0.25) is 0 Å². The molecule has 1 heterocycles. The van der Waals surface area contributed by atoms with Crippen molar-refractivity contribution >= 4 is 16.7 Å². The molecule has 0 aliphatic heterocycles. The molecule has 3 N–H and O–H groups in total. The first kappa shape index (κ1) is 14.3. The molecule has 3 nitrogen and oxygen atoms in total. The average molecular weight is 283 g/mol. The molecule has 1 aromatic heterocycles. The fourth-order valence-corrected chi connectivity index (χ4v) is 3.54. The molecule has 2 unspecified atom stereocenters. The summed E-state index contributed by atoms with van der Waals surface area (Å²) in [5.74, 6) is 1.58. The topological polar surface area (TPSA) is 50.9 Å². The Kier molecular flexibility index (Phi) is 3.85. The third-order valence-electron chi connectivity index (χ3n) is 5.10. The summed E-state index contributed by atoms with van der Waals surface area (Å²) in [6, 6.07) is 10.5. The monoisotopic (exact) mass is 283 g/mol. The Bertz CT molecular complexity index is 637. The number of rotatable bonds is 3. The molecule has 0 saturated heterocycles. The Morgan fingerprint density at radius 2 is 2.14 bits per heavy atom. The van der Waals surface area contributed by atoms with E-state index in [1.54, 1.807) is 0 Å². The van der Waals surface area contributed by atoms with Crippen molar-refractivity contribution in [3.8, 4) is 0 Å². The lowest BCUT2D eigenvalue weighted by molar-refractivity contribution is 0.235. The molecule has 0 radical (unpaired) electrons. The van der Waals surface area contributed by atoms with E-state index < -0.39 is 0 Å². The molecule has 112 valence electrons. The van der Waals surface area contributed by atoms with Gasteiger partial charge in [0.05, 0.1) is 11.1 Å². The van der Waals surface area contributed by atoms with E-state index in [2.05, 4.69) is 43.4 Å². The molecular weight excluding hydrogens is 258 g/mol. The molecule has 0 spiro atoms. The number of anilines is 1. The summed E-state index contributed by atoms with van der Waals surface area (Å²) < 4.78 is 0. The number of hydrogen-bond donors (Lipinski definition) is 2. The molecule has 0 amide bonds. The second kappa shape index (κ2) is 5.64. The Labute approximate surface area is 127 Å². The number of aryl methyl sites for hydroxylation is 1. The highest BCUT2D eigenvalue weighted by molar-refractivity contribution is 5.81. The molecule has 1 aliphatic rings. The van der Waals surface area contributed by atoms with Crippen LogP contribution in [0.2, 0.25) is 0 Å². The Morgan fingerprint density at radius 3 is 2.90 bits per heavy atom. The summed E-state index contributed by atoms with van der Waals surface area (Å²) in [7, 11) is 0. The van der Waals surface area contributed by atoms with Gasteiger partial charge in [0.25, 0.3) is 0 Å². The zero-order chi connectivity index (χ0) is 14.9. The maximum absolute atomic E-state index is 6.15. The number of fused-ring (bicyclic) bond motifs is 1. The molecule has 3 rings (SSSR count). The summed E-state index contributed by atoms with van der Waals surface area (Å²) in [6.45, 7) is 5.11. The molecule has 1 aliphatic carbocycles. The molecule has 0 bridgehead atoms. The summed E-state index contributed by atoms with van der Waals surface area (Å²) in [5, 5.41) is 4.91. The summed E-state index contributed by atoms with van der Waals surface area (Å²) in [4.78, 5) is 4.83. The van der Waals surface area contributed by atoms with E-state index in [-0.39, 0.29) is 5.54 Å². The molecule has 1 fully saturated rings. The van der Waals surface area contributed by atoms with Gasteiger partial charge in [-0.15, -0.1) is 0 Å².